The zero-order chi connectivity index (χ0) is 13.0. The van der Waals surface area contributed by atoms with Gasteiger partial charge in [0, 0.05) is 0 Å². The topological polar surface area (TPSA) is 101 Å². The number of thiophene rings is 1. The van der Waals surface area contributed by atoms with Crippen molar-refractivity contribution in [3.63, 3.8) is 0 Å². The van der Waals surface area contributed by atoms with Crippen LogP contribution in [0.2, 0.25) is 0 Å². The lowest BCUT2D eigenvalue weighted by molar-refractivity contribution is -0.143. The van der Waals surface area contributed by atoms with Gasteiger partial charge in [0.1, 0.15) is 6.04 Å². The average Bonchev–Trinajstić information content (AvgIpc) is 2.62. The summed E-state index contributed by atoms with van der Waals surface area (Å²) in [7, 11) is 0. The molecule has 0 fully saturated rings. The average molecular weight is 369 g/mol. The van der Waals surface area contributed by atoms with Gasteiger partial charge in [0.2, 0.25) is 0 Å². The highest BCUT2D eigenvalue weighted by Crippen LogP contribution is 2.23. The summed E-state index contributed by atoms with van der Waals surface area (Å²) >= 11 is 3.67. The summed E-state index contributed by atoms with van der Waals surface area (Å²) in [5.74, 6) is -2.94. The molecular formula is C10H12INO4S. The highest BCUT2D eigenvalue weighted by atomic mass is 127. The van der Waals surface area contributed by atoms with Crippen molar-refractivity contribution in [1.82, 2.24) is 0 Å². The van der Waals surface area contributed by atoms with Gasteiger partial charge in [-0.3, -0.25) is 9.59 Å². The largest absolute Gasteiger partial charge is 0.481 e. The van der Waals surface area contributed by atoms with E-state index in [9.17, 15) is 9.59 Å². The van der Waals surface area contributed by atoms with Gasteiger partial charge >= 0.3 is 11.9 Å². The maximum Gasteiger partial charge on any atom is 0.320 e. The molecule has 2 atom stereocenters. The molecule has 0 spiro atoms. The lowest BCUT2D eigenvalue weighted by Crippen LogP contribution is -2.35. The van der Waals surface area contributed by atoms with E-state index in [0.717, 1.165) is 8.45 Å². The molecule has 4 N–H and O–H groups in total. The first kappa shape index (κ1) is 14.4. The number of aliphatic carboxylic acids is 2. The SMILES string of the molecule is NC(CC(Cc1ccsc1I)C(=O)O)C(=O)O. The number of halogens is 1. The fraction of sp³-hybridized carbons (Fsp3) is 0.400. The summed E-state index contributed by atoms with van der Waals surface area (Å²) in [6.07, 6.45) is 0.259. The van der Waals surface area contributed by atoms with Crippen molar-refractivity contribution in [2.75, 3.05) is 0 Å². The second-order valence-corrected chi connectivity index (χ2v) is 6.37. The Bertz CT molecular complexity index is 420. The van der Waals surface area contributed by atoms with Gasteiger partial charge in [-0.1, -0.05) is 0 Å². The summed E-state index contributed by atoms with van der Waals surface area (Å²) in [5, 5.41) is 19.6. The molecule has 0 radical (unpaired) electrons. The second kappa shape index (κ2) is 6.31. The minimum Gasteiger partial charge on any atom is -0.481 e. The van der Waals surface area contributed by atoms with Crippen molar-refractivity contribution in [3.8, 4) is 0 Å². The van der Waals surface area contributed by atoms with Crippen LogP contribution in [0.3, 0.4) is 0 Å². The molecule has 2 unspecified atom stereocenters. The first-order valence-electron chi connectivity index (χ1n) is 4.85. The predicted octanol–water partition coefficient (Wildman–Crippen LogP) is 1.40. The molecular weight excluding hydrogens is 357 g/mol. The third-order valence-electron chi connectivity index (χ3n) is 2.36. The Morgan fingerprint density at radius 1 is 1.41 bits per heavy atom. The Morgan fingerprint density at radius 2 is 2.06 bits per heavy atom. The number of hydrogen-bond donors (Lipinski definition) is 3. The van der Waals surface area contributed by atoms with E-state index in [1.54, 1.807) is 0 Å². The second-order valence-electron chi connectivity index (χ2n) is 3.64. The molecule has 0 saturated heterocycles. The summed E-state index contributed by atoms with van der Waals surface area (Å²) < 4.78 is 1.03. The molecule has 1 aromatic heterocycles. The Morgan fingerprint density at radius 3 is 2.47 bits per heavy atom. The smallest absolute Gasteiger partial charge is 0.320 e. The van der Waals surface area contributed by atoms with Crippen LogP contribution >= 0.6 is 33.9 Å². The van der Waals surface area contributed by atoms with Gasteiger partial charge in [-0.15, -0.1) is 11.3 Å². The lowest BCUT2D eigenvalue weighted by atomic mass is 9.94. The first-order valence-corrected chi connectivity index (χ1v) is 6.80. The minimum atomic E-state index is -1.17. The van der Waals surface area contributed by atoms with Gasteiger partial charge in [-0.2, -0.15) is 0 Å². The molecule has 0 aliphatic carbocycles. The van der Waals surface area contributed by atoms with Crippen molar-refractivity contribution in [3.05, 3.63) is 19.9 Å². The van der Waals surface area contributed by atoms with Gasteiger partial charge < -0.3 is 15.9 Å². The van der Waals surface area contributed by atoms with Gasteiger partial charge in [-0.25, -0.2) is 0 Å². The first-order chi connectivity index (χ1) is 7.91. The highest BCUT2D eigenvalue weighted by molar-refractivity contribution is 14.1. The number of hydrogen-bond acceptors (Lipinski definition) is 4. The van der Waals surface area contributed by atoms with E-state index in [1.165, 1.54) is 11.3 Å². The molecule has 7 heteroatoms. The number of rotatable bonds is 6. The molecule has 0 aliphatic rings. The monoisotopic (exact) mass is 369 g/mol. The summed E-state index contributed by atoms with van der Waals surface area (Å²) in [6.45, 7) is 0. The fourth-order valence-corrected chi connectivity index (χ4v) is 2.90. The maximum absolute atomic E-state index is 11.0. The Hall–Kier alpha value is -0.670. The standard InChI is InChI=1S/C10H12INO4S/c11-8-5(1-2-17-8)3-6(9(13)14)4-7(12)10(15)16/h1-2,6-7H,3-4,12H2,(H,13,14)(H,15,16). The van der Waals surface area contributed by atoms with Crippen LogP contribution < -0.4 is 5.73 Å². The van der Waals surface area contributed by atoms with Gasteiger partial charge in [0.25, 0.3) is 0 Å². The summed E-state index contributed by atoms with van der Waals surface area (Å²) in [4.78, 5) is 21.7. The molecule has 0 saturated carbocycles. The molecule has 0 aliphatic heterocycles. The number of carbonyl (C=O) groups is 2. The molecule has 17 heavy (non-hydrogen) atoms. The van der Waals surface area contributed by atoms with Gasteiger partial charge in [-0.05, 0) is 52.4 Å². The molecule has 1 rings (SSSR count). The zero-order valence-electron chi connectivity index (χ0n) is 8.80. The lowest BCUT2D eigenvalue weighted by Gasteiger charge is -2.14. The van der Waals surface area contributed by atoms with E-state index >= 15 is 0 Å². The van der Waals surface area contributed by atoms with Crippen molar-refractivity contribution < 1.29 is 19.8 Å². The normalized spacial score (nSPS) is 14.2. The predicted molar refractivity (Wildman–Crippen MR) is 72.1 cm³/mol. The van der Waals surface area contributed by atoms with Crippen molar-refractivity contribution >= 4 is 45.9 Å². The van der Waals surface area contributed by atoms with E-state index in [1.807, 2.05) is 11.4 Å². The van der Waals surface area contributed by atoms with Crippen molar-refractivity contribution in [2.45, 2.75) is 18.9 Å². The van der Waals surface area contributed by atoms with Gasteiger partial charge in [0.05, 0.1) is 8.80 Å². The Kier molecular flexibility index (Phi) is 5.34. The van der Waals surface area contributed by atoms with Crippen LogP contribution in [0.5, 0.6) is 0 Å². The van der Waals surface area contributed by atoms with E-state index in [4.69, 9.17) is 15.9 Å². The molecule has 1 heterocycles. The quantitative estimate of drug-likeness (QED) is 0.658. The number of nitrogens with two attached hydrogens (primary N) is 1. The molecule has 5 nitrogen and oxygen atoms in total. The van der Waals surface area contributed by atoms with Crippen LogP contribution in [0, 0.1) is 8.80 Å². The van der Waals surface area contributed by atoms with Crippen LogP contribution in [-0.2, 0) is 16.0 Å². The van der Waals surface area contributed by atoms with E-state index in [0.29, 0.717) is 6.42 Å². The van der Waals surface area contributed by atoms with Crippen molar-refractivity contribution in [2.24, 2.45) is 11.7 Å². The third kappa shape index (κ3) is 4.25. The Balaban J connectivity index is 2.71. The van der Waals surface area contributed by atoms with Crippen LogP contribution in [0.4, 0.5) is 0 Å². The fourth-order valence-electron chi connectivity index (χ4n) is 1.41. The van der Waals surface area contributed by atoms with Crippen molar-refractivity contribution in [1.29, 1.82) is 0 Å². The van der Waals surface area contributed by atoms with Crippen LogP contribution in [0.25, 0.3) is 0 Å². The molecule has 94 valence electrons. The minimum absolute atomic E-state index is 0.0589. The maximum atomic E-state index is 11.0. The van der Waals surface area contributed by atoms with Crippen LogP contribution in [0.1, 0.15) is 12.0 Å². The van der Waals surface area contributed by atoms with E-state index in [-0.39, 0.29) is 6.42 Å². The number of carboxylic acid groups (broad SMARTS) is 2. The molecule has 0 bridgehead atoms. The van der Waals surface area contributed by atoms with Gasteiger partial charge in [0.15, 0.2) is 0 Å². The van der Waals surface area contributed by atoms with Crippen LogP contribution in [-0.4, -0.2) is 28.2 Å². The summed E-state index contributed by atoms with van der Waals surface area (Å²) in [5.41, 5.74) is 6.29. The van der Waals surface area contributed by atoms with E-state index in [2.05, 4.69) is 22.6 Å². The van der Waals surface area contributed by atoms with Crippen LogP contribution in [0.15, 0.2) is 11.4 Å². The zero-order valence-corrected chi connectivity index (χ0v) is 11.8. The van der Waals surface area contributed by atoms with E-state index < -0.39 is 23.9 Å². The number of carboxylic acids is 2. The summed E-state index contributed by atoms with van der Waals surface area (Å²) in [6, 6.07) is 0.724. The molecule has 1 aromatic rings. The Labute approximate surface area is 116 Å². The molecule has 0 amide bonds. The molecule has 0 aromatic carbocycles. The highest BCUT2D eigenvalue weighted by Gasteiger charge is 2.25. The third-order valence-corrected chi connectivity index (χ3v) is 4.56.